The Labute approximate surface area is 180 Å². The van der Waals surface area contributed by atoms with E-state index in [-0.39, 0.29) is 4.90 Å². The van der Waals surface area contributed by atoms with Crippen LogP contribution in [0.1, 0.15) is 5.56 Å². The van der Waals surface area contributed by atoms with E-state index in [0.717, 1.165) is 16.8 Å². The molecule has 3 aromatic carbocycles. The summed E-state index contributed by atoms with van der Waals surface area (Å²) in [5.41, 5.74) is 3.41. The minimum Gasteiger partial charge on any atom is -0.304 e. The van der Waals surface area contributed by atoms with Gasteiger partial charge < -0.3 is 5.32 Å². The number of aryl methyl sites for hydroxylation is 1. The molecule has 1 aromatic heterocycles. The number of hydrogen-bond acceptors (Lipinski definition) is 4. The highest BCUT2D eigenvalue weighted by Gasteiger charge is 2.20. The second kappa shape index (κ2) is 8.45. The van der Waals surface area contributed by atoms with Crippen LogP contribution in [-0.2, 0) is 10.0 Å². The largest absolute Gasteiger partial charge is 0.333 e. The monoisotopic (exact) mass is 432 g/mol. The molecule has 4 aromatic rings. The predicted octanol–water partition coefficient (Wildman–Crippen LogP) is 4.36. The molecule has 8 heteroatoms. The van der Waals surface area contributed by atoms with Gasteiger partial charge in [0.15, 0.2) is 0 Å². The first-order chi connectivity index (χ1) is 14.9. The number of urea groups is 1. The van der Waals surface area contributed by atoms with Gasteiger partial charge in [-0.05, 0) is 31.2 Å². The smallest absolute Gasteiger partial charge is 0.304 e. The number of para-hydroxylation sites is 1. The Bertz CT molecular complexity index is 1300. The van der Waals surface area contributed by atoms with E-state index in [4.69, 9.17) is 0 Å². The molecule has 156 valence electrons. The maximum atomic E-state index is 12.6. The Morgan fingerprint density at radius 2 is 1.48 bits per heavy atom. The van der Waals surface area contributed by atoms with Gasteiger partial charge in [-0.25, -0.2) is 22.6 Å². The lowest BCUT2D eigenvalue weighted by Crippen LogP contribution is -2.34. The van der Waals surface area contributed by atoms with Gasteiger partial charge in [0.05, 0.1) is 22.5 Å². The van der Waals surface area contributed by atoms with Gasteiger partial charge in [0.1, 0.15) is 5.69 Å². The van der Waals surface area contributed by atoms with E-state index in [0.29, 0.717) is 11.4 Å². The SMILES string of the molecule is Cc1ccc(S(=O)(=O)NC(=O)Nc2cn(-c3ccccc3)nc2-c2ccccc2)cc1. The van der Waals surface area contributed by atoms with Crippen LogP contribution in [0.3, 0.4) is 0 Å². The number of benzene rings is 3. The Hall–Kier alpha value is -3.91. The molecule has 0 bridgehead atoms. The molecule has 4 rings (SSSR count). The van der Waals surface area contributed by atoms with Gasteiger partial charge in [-0.1, -0.05) is 66.2 Å². The van der Waals surface area contributed by atoms with Crippen molar-refractivity contribution in [2.75, 3.05) is 5.32 Å². The fourth-order valence-electron chi connectivity index (χ4n) is 3.03. The quantitative estimate of drug-likeness (QED) is 0.490. The van der Waals surface area contributed by atoms with E-state index in [2.05, 4.69) is 15.1 Å². The zero-order chi connectivity index (χ0) is 21.8. The van der Waals surface area contributed by atoms with Gasteiger partial charge in [-0.2, -0.15) is 5.10 Å². The average molecular weight is 433 g/mol. The zero-order valence-corrected chi connectivity index (χ0v) is 17.5. The summed E-state index contributed by atoms with van der Waals surface area (Å²) >= 11 is 0. The second-order valence-corrected chi connectivity index (χ2v) is 8.59. The number of rotatable bonds is 5. The van der Waals surface area contributed by atoms with Crippen molar-refractivity contribution in [1.82, 2.24) is 14.5 Å². The molecule has 31 heavy (non-hydrogen) atoms. The van der Waals surface area contributed by atoms with Crippen molar-refractivity contribution in [3.8, 4) is 16.9 Å². The molecular formula is C23H20N4O3S. The molecule has 7 nitrogen and oxygen atoms in total. The summed E-state index contributed by atoms with van der Waals surface area (Å²) in [7, 11) is -4.01. The van der Waals surface area contributed by atoms with Gasteiger partial charge in [-0.15, -0.1) is 0 Å². The third kappa shape index (κ3) is 4.65. The van der Waals surface area contributed by atoms with E-state index in [1.165, 1.54) is 12.1 Å². The minimum atomic E-state index is -4.01. The highest BCUT2D eigenvalue weighted by Crippen LogP contribution is 2.27. The minimum absolute atomic E-state index is 0.0107. The Kier molecular flexibility index (Phi) is 5.55. The normalized spacial score (nSPS) is 11.1. The standard InChI is InChI=1S/C23H20N4O3S/c1-17-12-14-20(15-13-17)31(29,30)26-23(28)24-21-16-27(19-10-6-3-7-11-19)25-22(21)18-8-4-2-5-9-18/h2-16H,1H3,(H2,24,26,28). The molecule has 0 spiro atoms. The molecular weight excluding hydrogens is 412 g/mol. The van der Waals surface area contributed by atoms with Crippen LogP contribution >= 0.6 is 0 Å². The van der Waals surface area contributed by atoms with Crippen LogP contribution in [0.5, 0.6) is 0 Å². The summed E-state index contributed by atoms with van der Waals surface area (Å²) in [5, 5.41) is 7.22. The first kappa shape index (κ1) is 20.4. The van der Waals surface area contributed by atoms with Crippen molar-refractivity contribution in [2.24, 2.45) is 0 Å². The number of hydrogen-bond donors (Lipinski definition) is 2. The fourth-order valence-corrected chi connectivity index (χ4v) is 3.94. The van der Waals surface area contributed by atoms with Crippen molar-refractivity contribution in [3.05, 3.63) is 96.7 Å². The lowest BCUT2D eigenvalue weighted by Gasteiger charge is -2.09. The van der Waals surface area contributed by atoms with Crippen LogP contribution in [0, 0.1) is 6.92 Å². The lowest BCUT2D eigenvalue weighted by atomic mass is 10.1. The van der Waals surface area contributed by atoms with Gasteiger partial charge >= 0.3 is 6.03 Å². The lowest BCUT2D eigenvalue weighted by molar-refractivity contribution is 0.256. The summed E-state index contributed by atoms with van der Waals surface area (Å²) in [4.78, 5) is 12.6. The molecule has 0 aliphatic carbocycles. The van der Waals surface area contributed by atoms with Crippen molar-refractivity contribution in [1.29, 1.82) is 0 Å². The molecule has 0 aliphatic rings. The van der Waals surface area contributed by atoms with Gasteiger partial charge in [0.25, 0.3) is 10.0 Å². The molecule has 2 amide bonds. The average Bonchev–Trinajstić information content (AvgIpc) is 3.18. The molecule has 0 aliphatic heterocycles. The number of carbonyl (C=O) groups excluding carboxylic acids is 1. The molecule has 2 N–H and O–H groups in total. The van der Waals surface area contributed by atoms with E-state index >= 15 is 0 Å². The summed E-state index contributed by atoms with van der Waals surface area (Å²) in [6.45, 7) is 1.85. The van der Waals surface area contributed by atoms with Gasteiger partial charge in [0.2, 0.25) is 0 Å². The molecule has 0 unspecified atom stereocenters. The molecule has 0 radical (unpaired) electrons. The number of aromatic nitrogens is 2. The first-order valence-electron chi connectivity index (χ1n) is 9.53. The van der Waals surface area contributed by atoms with Crippen LogP contribution in [-0.4, -0.2) is 24.2 Å². The number of amides is 2. The summed E-state index contributed by atoms with van der Waals surface area (Å²) in [6, 6.07) is 24.1. The third-order valence-electron chi connectivity index (χ3n) is 4.59. The molecule has 1 heterocycles. The van der Waals surface area contributed by atoms with Gasteiger partial charge in [-0.3, -0.25) is 0 Å². The van der Waals surface area contributed by atoms with Gasteiger partial charge in [0, 0.05) is 5.56 Å². The fraction of sp³-hybridized carbons (Fsp3) is 0.0435. The van der Waals surface area contributed by atoms with Crippen molar-refractivity contribution in [2.45, 2.75) is 11.8 Å². The maximum Gasteiger partial charge on any atom is 0.333 e. The van der Waals surface area contributed by atoms with E-state index < -0.39 is 16.1 Å². The second-order valence-electron chi connectivity index (χ2n) is 6.91. The maximum absolute atomic E-state index is 12.6. The summed E-state index contributed by atoms with van der Waals surface area (Å²) in [5.74, 6) is 0. The third-order valence-corrected chi connectivity index (χ3v) is 5.94. The number of anilines is 1. The predicted molar refractivity (Wildman–Crippen MR) is 120 cm³/mol. The highest BCUT2D eigenvalue weighted by atomic mass is 32.2. The Morgan fingerprint density at radius 1 is 0.871 bits per heavy atom. The van der Waals surface area contributed by atoms with E-state index in [1.807, 2.05) is 67.6 Å². The molecule has 0 atom stereocenters. The first-order valence-corrected chi connectivity index (χ1v) is 11.0. The van der Waals surface area contributed by atoms with Crippen LogP contribution in [0.25, 0.3) is 16.9 Å². The van der Waals surface area contributed by atoms with Crippen molar-refractivity contribution in [3.63, 3.8) is 0 Å². The molecule has 0 saturated heterocycles. The molecule has 0 saturated carbocycles. The summed E-state index contributed by atoms with van der Waals surface area (Å²) < 4.78 is 28.8. The Balaban J connectivity index is 1.63. The van der Waals surface area contributed by atoms with Crippen molar-refractivity contribution >= 4 is 21.7 Å². The number of nitrogens with one attached hydrogen (secondary N) is 2. The zero-order valence-electron chi connectivity index (χ0n) is 16.7. The van der Waals surface area contributed by atoms with Crippen LogP contribution < -0.4 is 10.0 Å². The number of carbonyl (C=O) groups is 1. The topological polar surface area (TPSA) is 93.1 Å². The highest BCUT2D eigenvalue weighted by molar-refractivity contribution is 7.90. The number of nitrogens with zero attached hydrogens (tertiary/aromatic N) is 2. The Morgan fingerprint density at radius 3 is 2.13 bits per heavy atom. The number of sulfonamides is 1. The summed E-state index contributed by atoms with van der Waals surface area (Å²) in [6.07, 6.45) is 1.65. The van der Waals surface area contributed by atoms with Crippen molar-refractivity contribution < 1.29 is 13.2 Å². The van der Waals surface area contributed by atoms with E-state index in [9.17, 15) is 13.2 Å². The molecule has 0 fully saturated rings. The van der Waals surface area contributed by atoms with Crippen LogP contribution in [0.15, 0.2) is 96.0 Å². The van der Waals surface area contributed by atoms with Crippen LogP contribution in [0.2, 0.25) is 0 Å². The van der Waals surface area contributed by atoms with E-state index in [1.54, 1.807) is 23.0 Å². The van der Waals surface area contributed by atoms with Crippen LogP contribution in [0.4, 0.5) is 10.5 Å².